The molecule has 9 heterocycles. The molecular formula is C89H97Cl2F2N13O12S4. The summed E-state index contributed by atoms with van der Waals surface area (Å²) in [4.78, 5) is 72.3. The summed E-state index contributed by atoms with van der Waals surface area (Å²) in [5, 5.41) is 1.11. The van der Waals surface area contributed by atoms with E-state index in [1.165, 1.54) is 117 Å². The molecule has 5 fully saturated rings. The van der Waals surface area contributed by atoms with Gasteiger partial charge in [-0.05, 0) is 175 Å². The first-order valence-corrected chi connectivity index (χ1v) is 46.7. The summed E-state index contributed by atoms with van der Waals surface area (Å²) < 4.78 is 141. The maximum Gasteiger partial charge on any atom is 0.262 e. The Kier molecular flexibility index (Phi) is 28.3. The lowest BCUT2D eigenvalue weighted by molar-refractivity contribution is 0.0724. The van der Waals surface area contributed by atoms with Crippen LogP contribution in [0, 0.1) is 67.9 Å². The third kappa shape index (κ3) is 20.9. The molecule has 0 amide bonds. The normalized spacial score (nSPS) is 17.0. The van der Waals surface area contributed by atoms with Crippen LogP contribution in [0.5, 0.6) is 0 Å². The monoisotopic (exact) mass is 1780 g/mol. The van der Waals surface area contributed by atoms with Crippen LogP contribution in [0.4, 0.5) is 8.78 Å². The Morgan fingerprint density at radius 2 is 0.754 bits per heavy atom. The first-order chi connectivity index (χ1) is 58.1. The van der Waals surface area contributed by atoms with Crippen molar-refractivity contribution >= 4 is 86.4 Å². The molecule has 0 N–H and O–H groups in total. The number of aromatic nitrogens is 9. The summed E-state index contributed by atoms with van der Waals surface area (Å²) >= 11 is 12.6. The van der Waals surface area contributed by atoms with Gasteiger partial charge in [-0.3, -0.25) is 24.2 Å². The quantitative estimate of drug-likeness (QED) is 0.0411. The van der Waals surface area contributed by atoms with Gasteiger partial charge in [-0.2, -0.15) is 17.2 Å². The van der Waals surface area contributed by atoms with Crippen molar-refractivity contribution in [3.63, 3.8) is 0 Å². The number of pyridine rings is 1. The predicted octanol–water partition coefficient (Wildman–Crippen LogP) is 14.3. The van der Waals surface area contributed by atoms with Gasteiger partial charge >= 0.3 is 0 Å². The highest BCUT2D eigenvalue weighted by Crippen LogP contribution is 2.45. The van der Waals surface area contributed by atoms with E-state index in [2.05, 4.69) is 24.9 Å². The van der Waals surface area contributed by atoms with Gasteiger partial charge in [0.1, 0.15) is 11.6 Å². The Bertz CT molecular complexity index is 6060. The fourth-order valence-electron chi connectivity index (χ4n) is 16.5. The molecule has 4 atom stereocenters. The molecule has 33 heteroatoms. The number of hydrogen-bond acceptors (Lipinski definition) is 17. The molecule has 16 rings (SSSR count). The first-order valence-electron chi connectivity index (χ1n) is 40.2. The molecule has 11 aromatic rings. The number of carbonyl (C=O) groups is 4. The average molecular weight is 1780 g/mol. The molecule has 0 bridgehead atoms. The molecule has 4 aliphatic heterocycles. The van der Waals surface area contributed by atoms with E-state index in [0.717, 1.165) is 40.8 Å². The molecule has 6 aromatic carbocycles. The summed E-state index contributed by atoms with van der Waals surface area (Å²) in [6.07, 6.45) is 19.2. The minimum atomic E-state index is -3.65. The first kappa shape index (κ1) is 89.8. The molecule has 1 saturated carbocycles. The molecule has 5 aromatic heterocycles. The van der Waals surface area contributed by atoms with E-state index in [9.17, 15) is 61.6 Å². The van der Waals surface area contributed by atoms with Gasteiger partial charge in [-0.25, -0.2) is 62.4 Å². The Labute approximate surface area is 721 Å². The van der Waals surface area contributed by atoms with E-state index < -0.39 is 40.1 Å². The van der Waals surface area contributed by atoms with E-state index >= 15 is 0 Å². The number of benzene rings is 6. The third-order valence-electron chi connectivity index (χ3n) is 23.6. The zero-order valence-electron chi connectivity index (χ0n) is 68.6. The fourth-order valence-corrected chi connectivity index (χ4v) is 23.2. The van der Waals surface area contributed by atoms with Crippen LogP contribution in [0.2, 0.25) is 10.0 Å². The molecule has 0 spiro atoms. The summed E-state index contributed by atoms with van der Waals surface area (Å²) in [6, 6.07) is 45.7. The lowest BCUT2D eigenvalue weighted by Gasteiger charge is -2.44. The molecule has 5 aliphatic rings. The van der Waals surface area contributed by atoms with Crippen molar-refractivity contribution in [2.45, 2.75) is 110 Å². The van der Waals surface area contributed by atoms with E-state index in [0.29, 0.717) is 103 Å². The maximum atomic E-state index is 13.6. The van der Waals surface area contributed by atoms with E-state index in [1.54, 1.807) is 77.8 Å². The fraction of sp³-hybridized carbons (Fsp3) is 0.360. The van der Waals surface area contributed by atoms with E-state index in [1.807, 2.05) is 117 Å². The largest absolute Gasteiger partial charge is 0.339 e. The van der Waals surface area contributed by atoms with Crippen molar-refractivity contribution in [3.05, 3.63) is 291 Å². The van der Waals surface area contributed by atoms with E-state index in [4.69, 9.17) is 23.2 Å². The Morgan fingerprint density at radius 3 is 1.12 bits per heavy atom. The standard InChI is InChI=1S/C23H24FN3O3S.C22H23ClN4O3S.C22H28ClN3O3S.C22H22FN3O3S/c1-16-10-18(8-9-21(16)24)22(28)11-20(17-6-4-3-5-7-17)19-12-27(13-19)31(29,30)23-14-26(2)15-25-23;1-15-6-7-17(19(23)9-15)21(28)10-18(20-5-3-4-8-24-20)16-11-27(12-16)31(29,30)22-13-26(2)14-25-22;1-15-7-8-18(20(23)9-15)21(27)10-19(16-5-3-4-6-16)17-11-26(12-17)30(28,29)22-13-25(2)14-24-22;1-25-14-22(24-15-25)30(28,29)26-12-18(13-26)20(16-5-3-2-4-6-16)11-21(27)17-7-9-19(23)10-8-17/h3-10,14-15,19-20H,11-13H2,1-2H3;3-9,13-14,16,18H,10-12H2,1-2H3;7-9,13-14,16-17,19H,3-6,10-12H2,1-2H3;2-10,14-15,18,20H,11-13H2,1H3. The highest BCUT2D eigenvalue weighted by molar-refractivity contribution is 7.90. The lowest BCUT2D eigenvalue weighted by atomic mass is 9.74. The molecule has 1 aliphatic carbocycles. The molecule has 25 nitrogen and oxygen atoms in total. The van der Waals surface area contributed by atoms with Crippen molar-refractivity contribution in [2.75, 3.05) is 52.4 Å². The summed E-state index contributed by atoms with van der Waals surface area (Å²) in [5.41, 5.74) is 7.18. The Balaban J connectivity index is 0.000000140. The molecule has 4 unspecified atom stereocenters. The van der Waals surface area contributed by atoms with Crippen molar-refractivity contribution in [1.82, 2.24) is 60.4 Å². The number of hydrogen-bond donors (Lipinski definition) is 0. The van der Waals surface area contributed by atoms with Crippen LogP contribution in [0.3, 0.4) is 0 Å². The van der Waals surface area contributed by atoms with Crippen LogP contribution in [-0.2, 0) is 68.3 Å². The lowest BCUT2D eigenvalue weighted by Crippen LogP contribution is -2.53. The molecule has 0 radical (unpaired) electrons. The molecular weight excluding hydrogens is 1680 g/mol. The van der Waals surface area contributed by atoms with Crippen molar-refractivity contribution in [3.8, 4) is 0 Å². The van der Waals surface area contributed by atoms with Gasteiger partial charge in [-0.1, -0.05) is 128 Å². The SMILES string of the molecule is Cc1cc(C(=O)CC(c2ccccc2)C2CN(S(=O)(=O)c3cn(C)cn3)C2)ccc1F.Cc1ccc(C(=O)CC(C2CCCC2)C2CN(S(=O)(=O)c3cn(C)cn3)C2)c(Cl)c1.Cc1ccc(C(=O)CC(c2ccccn2)C2CN(S(=O)(=O)c3cn(C)cn3)C2)c(Cl)c1.Cn1cnc(S(=O)(=O)N2CC(C(CC(=O)c3ccc(F)cc3)c3ccccc3)C2)c1. The maximum absolute atomic E-state index is 13.6. The van der Waals surface area contributed by atoms with Gasteiger partial charge in [0, 0.05) is 171 Å². The summed E-state index contributed by atoms with van der Waals surface area (Å²) in [7, 11) is -7.58. The van der Waals surface area contributed by atoms with Crippen LogP contribution in [0.1, 0.15) is 144 Å². The number of rotatable bonds is 28. The smallest absolute Gasteiger partial charge is 0.262 e. The van der Waals surface area contributed by atoms with E-state index in [-0.39, 0.29) is 121 Å². The number of imidazole rings is 4. The zero-order valence-corrected chi connectivity index (χ0v) is 73.4. The minimum Gasteiger partial charge on any atom is -0.339 e. The van der Waals surface area contributed by atoms with Gasteiger partial charge in [-0.15, -0.1) is 0 Å². The number of Topliss-reactive ketones (excluding diaryl/α,β-unsaturated/α-hetero) is 4. The second kappa shape index (κ2) is 38.5. The number of halogens is 4. The number of nitrogens with zero attached hydrogens (tertiary/aromatic N) is 13. The van der Waals surface area contributed by atoms with Gasteiger partial charge in [0.2, 0.25) is 0 Å². The highest BCUT2D eigenvalue weighted by atomic mass is 35.5. The van der Waals surface area contributed by atoms with Crippen molar-refractivity contribution in [1.29, 1.82) is 0 Å². The number of aryl methyl sites for hydroxylation is 7. The number of sulfonamides is 4. The van der Waals surface area contributed by atoms with Gasteiger partial charge in [0.15, 0.2) is 43.2 Å². The van der Waals surface area contributed by atoms with Crippen LogP contribution >= 0.6 is 23.2 Å². The predicted molar refractivity (Wildman–Crippen MR) is 458 cm³/mol. The Morgan fingerprint density at radius 1 is 0.393 bits per heavy atom. The summed E-state index contributed by atoms with van der Waals surface area (Å²) in [6.45, 7) is 8.35. The number of ketones is 4. The van der Waals surface area contributed by atoms with Crippen LogP contribution in [-0.4, -0.2) is 170 Å². The van der Waals surface area contributed by atoms with Crippen LogP contribution < -0.4 is 0 Å². The molecule has 122 heavy (non-hydrogen) atoms. The topological polar surface area (TPSA) is 302 Å². The third-order valence-corrected chi connectivity index (χ3v) is 31.1. The van der Waals surface area contributed by atoms with Gasteiger partial charge < -0.3 is 18.3 Å². The van der Waals surface area contributed by atoms with Gasteiger partial charge in [0.25, 0.3) is 40.1 Å². The molecule has 642 valence electrons. The van der Waals surface area contributed by atoms with Crippen LogP contribution in [0.15, 0.2) is 234 Å². The highest BCUT2D eigenvalue weighted by Gasteiger charge is 2.48. The summed E-state index contributed by atoms with van der Waals surface area (Å²) in [5.74, 6) is -0.536. The number of carbonyl (C=O) groups excluding carboxylic acids is 4. The van der Waals surface area contributed by atoms with Gasteiger partial charge in [0.05, 0.1) is 35.4 Å². The average Bonchev–Trinajstić information content (AvgIpc) is 1.38. The zero-order chi connectivity index (χ0) is 87.1. The molecule has 4 saturated heterocycles. The second-order valence-corrected chi connectivity index (χ2v) is 40.7. The van der Waals surface area contributed by atoms with Crippen LogP contribution in [0.25, 0.3) is 0 Å². The van der Waals surface area contributed by atoms with Crippen molar-refractivity contribution in [2.24, 2.45) is 63.7 Å². The van der Waals surface area contributed by atoms with Crippen molar-refractivity contribution < 1.29 is 61.6 Å². The second-order valence-electron chi connectivity index (χ2n) is 32.4. The Hall–Kier alpha value is -9.93. The minimum absolute atomic E-state index is 0.00591.